The van der Waals surface area contributed by atoms with Crippen LogP contribution in [0.2, 0.25) is 0 Å². The van der Waals surface area contributed by atoms with Gasteiger partial charge < -0.3 is 9.66 Å². The third-order valence-electron chi connectivity index (χ3n) is 2.38. The van der Waals surface area contributed by atoms with Crippen molar-refractivity contribution < 1.29 is 18.7 Å². The fourth-order valence-electron chi connectivity index (χ4n) is 1.53. The largest absolute Gasteiger partial charge is 0.755 e. The fourth-order valence-corrected chi connectivity index (χ4v) is 2.11. The van der Waals surface area contributed by atoms with Gasteiger partial charge in [0, 0.05) is 6.20 Å². The van der Waals surface area contributed by atoms with E-state index in [1.807, 2.05) is 0 Å². The van der Waals surface area contributed by atoms with Crippen LogP contribution < -0.4 is 4.31 Å². The summed E-state index contributed by atoms with van der Waals surface area (Å²) in [6.45, 7) is 0. The molecule has 0 aliphatic rings. The van der Waals surface area contributed by atoms with Crippen LogP contribution in [0.4, 0.5) is 11.4 Å². The van der Waals surface area contributed by atoms with E-state index in [0.29, 0.717) is 11.4 Å². The summed E-state index contributed by atoms with van der Waals surface area (Å²) in [5.74, 6) is -1.07. The molecule has 1 aromatic carbocycles. The van der Waals surface area contributed by atoms with Crippen molar-refractivity contribution in [3.05, 3.63) is 54.4 Å². The van der Waals surface area contributed by atoms with Gasteiger partial charge in [-0.1, -0.05) is 0 Å². The highest BCUT2D eigenvalue weighted by atomic mass is 32.2. The van der Waals surface area contributed by atoms with E-state index in [1.54, 1.807) is 12.1 Å². The second-order valence-corrected chi connectivity index (χ2v) is 4.37. The number of hydrogen-bond acceptors (Lipinski definition) is 4. The summed E-state index contributed by atoms with van der Waals surface area (Å²) in [4.78, 5) is 14.6. The van der Waals surface area contributed by atoms with E-state index in [9.17, 15) is 13.6 Å². The first kappa shape index (κ1) is 13.2. The number of rotatable bonds is 4. The van der Waals surface area contributed by atoms with Crippen LogP contribution in [0, 0.1) is 0 Å². The maximum absolute atomic E-state index is 11.3. The molecule has 98 valence electrons. The molecule has 19 heavy (non-hydrogen) atoms. The van der Waals surface area contributed by atoms with Crippen LogP contribution in [0.25, 0.3) is 0 Å². The number of anilines is 2. The van der Waals surface area contributed by atoms with Crippen molar-refractivity contribution >= 4 is 28.6 Å². The molecule has 0 spiro atoms. The smallest absolute Gasteiger partial charge is 0.335 e. The van der Waals surface area contributed by atoms with Crippen molar-refractivity contribution in [1.29, 1.82) is 0 Å². The van der Waals surface area contributed by atoms with Crippen LogP contribution in [-0.4, -0.2) is 24.8 Å². The number of carboxylic acid groups (broad SMARTS) is 1. The number of benzene rings is 1. The number of nitrogens with zero attached hydrogens (tertiary/aromatic N) is 2. The molecule has 2 rings (SSSR count). The number of hydrogen-bond donors (Lipinski definition) is 1. The molecule has 0 saturated heterocycles. The van der Waals surface area contributed by atoms with Gasteiger partial charge in [0.2, 0.25) is 0 Å². The molecule has 1 N–H and O–H groups in total. The second-order valence-electron chi connectivity index (χ2n) is 3.57. The van der Waals surface area contributed by atoms with Gasteiger partial charge in [0.05, 0.1) is 34.4 Å². The van der Waals surface area contributed by atoms with Gasteiger partial charge in [0.25, 0.3) is 0 Å². The molecular formula is C12H9N2O4S-. The van der Waals surface area contributed by atoms with Crippen molar-refractivity contribution in [2.75, 3.05) is 4.31 Å². The van der Waals surface area contributed by atoms with E-state index < -0.39 is 17.2 Å². The summed E-state index contributed by atoms with van der Waals surface area (Å²) in [5.41, 5.74) is 0.803. The molecule has 2 aromatic rings. The van der Waals surface area contributed by atoms with E-state index in [1.165, 1.54) is 36.7 Å². The molecule has 6 nitrogen and oxygen atoms in total. The molecular weight excluding hydrogens is 268 g/mol. The van der Waals surface area contributed by atoms with Gasteiger partial charge in [-0.25, -0.2) is 4.79 Å². The molecule has 0 amide bonds. The molecule has 0 aliphatic carbocycles. The number of carbonyl (C=O) groups is 1. The molecule has 0 bridgehead atoms. The Morgan fingerprint density at radius 1 is 1.21 bits per heavy atom. The Bertz CT molecular complexity index is 601. The Hall–Kier alpha value is -2.25. The molecule has 1 aromatic heterocycles. The summed E-state index contributed by atoms with van der Waals surface area (Å²) in [6.07, 6.45) is 2.93. The monoisotopic (exact) mass is 277 g/mol. The van der Waals surface area contributed by atoms with Crippen LogP contribution >= 0.6 is 0 Å². The first-order chi connectivity index (χ1) is 9.09. The normalized spacial score (nSPS) is 11.8. The number of aromatic carboxylic acids is 1. The summed E-state index contributed by atoms with van der Waals surface area (Å²) in [6, 6.07) is 8.73. The Kier molecular flexibility index (Phi) is 3.88. The lowest BCUT2D eigenvalue weighted by molar-refractivity contribution is 0.0697. The Morgan fingerprint density at radius 2 is 1.89 bits per heavy atom. The van der Waals surface area contributed by atoms with Gasteiger partial charge >= 0.3 is 5.97 Å². The predicted molar refractivity (Wildman–Crippen MR) is 68.7 cm³/mol. The average Bonchev–Trinajstić information content (AvgIpc) is 2.40. The van der Waals surface area contributed by atoms with E-state index in [2.05, 4.69) is 4.98 Å². The average molecular weight is 277 g/mol. The zero-order valence-corrected chi connectivity index (χ0v) is 10.4. The lowest BCUT2D eigenvalue weighted by atomic mass is 10.2. The van der Waals surface area contributed by atoms with Crippen LogP contribution in [0.1, 0.15) is 10.4 Å². The molecule has 1 heterocycles. The summed E-state index contributed by atoms with van der Waals surface area (Å²) < 4.78 is 23.6. The highest BCUT2D eigenvalue weighted by Crippen LogP contribution is 2.25. The fraction of sp³-hybridized carbons (Fsp3) is 0. The zero-order chi connectivity index (χ0) is 13.8. The van der Waals surface area contributed by atoms with Crippen molar-refractivity contribution in [2.45, 2.75) is 0 Å². The molecule has 1 unspecified atom stereocenters. The van der Waals surface area contributed by atoms with Crippen LogP contribution in [0.15, 0.2) is 48.8 Å². The molecule has 0 aliphatic heterocycles. The molecule has 7 heteroatoms. The van der Waals surface area contributed by atoms with Gasteiger partial charge in [0.1, 0.15) is 0 Å². The van der Waals surface area contributed by atoms with Crippen LogP contribution in [0.5, 0.6) is 0 Å². The Labute approximate surface area is 111 Å². The zero-order valence-electron chi connectivity index (χ0n) is 9.59. The van der Waals surface area contributed by atoms with Crippen molar-refractivity contribution in [2.24, 2.45) is 0 Å². The maximum atomic E-state index is 11.3. The third-order valence-corrected chi connectivity index (χ3v) is 3.10. The van der Waals surface area contributed by atoms with E-state index in [-0.39, 0.29) is 5.56 Å². The standard InChI is InChI=1S/C12H10N2O4S/c15-12(16)9-3-5-10(6-4-9)14(19(17)18)11-2-1-7-13-8-11/h1-8H,(H,15,16)(H,17,18)/p-1. The second kappa shape index (κ2) is 5.59. The van der Waals surface area contributed by atoms with Gasteiger partial charge in [-0.05, 0) is 36.4 Å². The van der Waals surface area contributed by atoms with E-state index in [0.717, 1.165) is 4.31 Å². The molecule has 1 atom stereocenters. The van der Waals surface area contributed by atoms with Crippen LogP contribution in [0.3, 0.4) is 0 Å². The first-order valence-electron chi connectivity index (χ1n) is 5.22. The highest BCUT2D eigenvalue weighted by molar-refractivity contribution is 7.81. The van der Waals surface area contributed by atoms with Gasteiger partial charge in [-0.3, -0.25) is 13.5 Å². The van der Waals surface area contributed by atoms with Crippen LogP contribution in [-0.2, 0) is 11.3 Å². The predicted octanol–water partition coefficient (Wildman–Crippen LogP) is 1.71. The maximum Gasteiger partial charge on any atom is 0.335 e. The van der Waals surface area contributed by atoms with E-state index >= 15 is 0 Å². The third kappa shape index (κ3) is 2.95. The number of carboxylic acids is 1. The highest BCUT2D eigenvalue weighted by Gasteiger charge is 2.11. The molecule has 0 fully saturated rings. The first-order valence-corrected chi connectivity index (χ1v) is 6.25. The minimum absolute atomic E-state index is 0.0894. The lowest BCUT2D eigenvalue weighted by Crippen LogP contribution is -2.19. The van der Waals surface area contributed by atoms with Crippen molar-refractivity contribution in [3.8, 4) is 0 Å². The minimum Gasteiger partial charge on any atom is -0.755 e. The minimum atomic E-state index is -2.53. The van der Waals surface area contributed by atoms with Gasteiger partial charge in [-0.15, -0.1) is 0 Å². The summed E-state index contributed by atoms with van der Waals surface area (Å²) in [5, 5.41) is 8.80. The summed E-state index contributed by atoms with van der Waals surface area (Å²) in [7, 11) is 0. The van der Waals surface area contributed by atoms with Gasteiger partial charge in [0.15, 0.2) is 0 Å². The Balaban J connectivity index is 2.40. The summed E-state index contributed by atoms with van der Waals surface area (Å²) >= 11 is -2.53. The van der Waals surface area contributed by atoms with Crippen molar-refractivity contribution in [1.82, 2.24) is 4.98 Å². The van der Waals surface area contributed by atoms with Gasteiger partial charge in [-0.2, -0.15) is 0 Å². The molecule has 0 saturated carbocycles. The van der Waals surface area contributed by atoms with E-state index in [4.69, 9.17) is 5.11 Å². The molecule has 0 radical (unpaired) electrons. The topological polar surface area (TPSA) is 93.6 Å². The van der Waals surface area contributed by atoms with Crippen molar-refractivity contribution in [3.63, 3.8) is 0 Å². The number of aromatic nitrogens is 1. The quantitative estimate of drug-likeness (QED) is 0.859. The Morgan fingerprint density at radius 3 is 2.37 bits per heavy atom. The SMILES string of the molecule is O=C(O)c1ccc(N(c2cccnc2)S(=O)[O-])cc1. The number of pyridine rings is 1. The lowest BCUT2D eigenvalue weighted by Gasteiger charge is -2.26.